The number of fused-ring (bicyclic) bond motifs is 1. The maximum Gasteiger partial charge on any atom is 0.320 e. The van der Waals surface area contributed by atoms with E-state index in [1.165, 1.54) is 11.1 Å². The van der Waals surface area contributed by atoms with Crippen LogP contribution >= 0.6 is 0 Å². The largest absolute Gasteiger partial charge is 0.480 e. The Morgan fingerprint density at radius 3 is 2.48 bits per heavy atom. The maximum absolute atomic E-state index is 11.4. The molecule has 1 aliphatic heterocycles. The monoisotopic (exact) mass is 401 g/mol. The Hall–Kier alpha value is -1.48. The van der Waals surface area contributed by atoms with Gasteiger partial charge in [0.15, 0.2) is 0 Å². The molecule has 2 rings (SSSR count). The summed E-state index contributed by atoms with van der Waals surface area (Å²) in [7, 11) is -3.67. The molecular weight excluding hydrogens is 370 g/mol. The van der Waals surface area contributed by atoms with E-state index in [9.17, 15) is 18.3 Å². The zero-order valence-electron chi connectivity index (χ0n) is 16.5. The molecule has 7 nitrogen and oxygen atoms in total. The number of carboxylic acids is 1. The molecule has 1 heterocycles. The highest BCUT2D eigenvalue weighted by Crippen LogP contribution is 2.22. The predicted molar refractivity (Wildman–Crippen MR) is 104 cm³/mol. The summed E-state index contributed by atoms with van der Waals surface area (Å²) in [5.41, 5.74) is 3.84. The molecule has 0 radical (unpaired) electrons. The van der Waals surface area contributed by atoms with Crippen molar-refractivity contribution in [2.24, 2.45) is 5.41 Å². The number of carboxylic acid groups (broad SMARTS) is 1. The number of rotatable bonds is 6. The van der Waals surface area contributed by atoms with Crippen LogP contribution < -0.4 is 5.32 Å². The first-order valence-corrected chi connectivity index (χ1v) is 10.8. The zero-order valence-corrected chi connectivity index (χ0v) is 17.3. The molecule has 0 saturated heterocycles. The van der Waals surface area contributed by atoms with Crippen molar-refractivity contribution in [3.63, 3.8) is 0 Å². The second kappa shape index (κ2) is 10.2. The van der Waals surface area contributed by atoms with E-state index in [1.807, 2.05) is 0 Å². The topological polar surface area (TPSA) is 113 Å². The third-order valence-corrected chi connectivity index (χ3v) is 4.08. The second-order valence-corrected chi connectivity index (χ2v) is 9.48. The molecule has 27 heavy (non-hydrogen) atoms. The molecule has 0 saturated carbocycles. The molecule has 154 valence electrons. The Labute approximate surface area is 161 Å². The van der Waals surface area contributed by atoms with Gasteiger partial charge in [0, 0.05) is 6.54 Å². The van der Waals surface area contributed by atoms with Crippen LogP contribution in [0.1, 0.15) is 50.3 Å². The van der Waals surface area contributed by atoms with Gasteiger partial charge in [0.25, 0.3) is 10.1 Å². The van der Waals surface area contributed by atoms with Crippen molar-refractivity contribution in [3.8, 4) is 0 Å². The van der Waals surface area contributed by atoms with Crippen LogP contribution in [0.3, 0.4) is 0 Å². The quantitative estimate of drug-likeness (QED) is 0.628. The van der Waals surface area contributed by atoms with E-state index in [0.717, 1.165) is 25.0 Å². The minimum absolute atomic E-state index is 0.151. The average Bonchev–Trinajstić information content (AvgIpc) is 2.51. The fraction of sp³-hybridized carbons (Fsp3) is 0.632. The predicted octanol–water partition coefficient (Wildman–Crippen LogP) is 2.63. The van der Waals surface area contributed by atoms with Crippen LogP contribution in [0.15, 0.2) is 18.2 Å². The minimum atomic E-state index is -3.67. The highest BCUT2D eigenvalue weighted by atomic mass is 32.2. The summed E-state index contributed by atoms with van der Waals surface area (Å²) >= 11 is 0. The second-order valence-electron chi connectivity index (χ2n) is 8.01. The normalized spacial score (nSPS) is 15.3. The summed E-state index contributed by atoms with van der Waals surface area (Å²) in [6.45, 7) is 8.43. The lowest BCUT2D eigenvalue weighted by Gasteiger charge is -2.22. The third kappa shape index (κ3) is 11.1. The van der Waals surface area contributed by atoms with Crippen LogP contribution in [0, 0.1) is 5.41 Å². The van der Waals surface area contributed by atoms with Gasteiger partial charge < -0.3 is 15.2 Å². The van der Waals surface area contributed by atoms with Crippen molar-refractivity contribution in [1.82, 2.24) is 5.32 Å². The van der Waals surface area contributed by atoms with Gasteiger partial charge in [-0.25, -0.2) is 0 Å². The van der Waals surface area contributed by atoms with Crippen LogP contribution in [-0.2, 0) is 39.2 Å². The molecule has 1 aromatic rings. The molecular formula is C19H31NO6S. The maximum atomic E-state index is 11.4. The first-order valence-electron chi connectivity index (χ1n) is 8.92. The van der Waals surface area contributed by atoms with Gasteiger partial charge in [-0.3, -0.25) is 9.35 Å². The Morgan fingerprint density at radius 2 is 1.93 bits per heavy atom. The number of ether oxygens (including phenoxy) is 1. The van der Waals surface area contributed by atoms with Gasteiger partial charge in [-0.2, -0.15) is 8.42 Å². The van der Waals surface area contributed by atoms with Crippen LogP contribution in [0.2, 0.25) is 0 Å². The van der Waals surface area contributed by atoms with Crippen LogP contribution in [-0.4, -0.2) is 43.0 Å². The van der Waals surface area contributed by atoms with E-state index in [1.54, 1.807) is 0 Å². The zero-order chi connectivity index (χ0) is 20.7. The van der Waals surface area contributed by atoms with Gasteiger partial charge in [0.2, 0.25) is 0 Å². The molecule has 0 aliphatic carbocycles. The molecule has 1 aliphatic rings. The number of carbonyl (C=O) groups is 1. The van der Waals surface area contributed by atoms with Crippen molar-refractivity contribution < 1.29 is 27.6 Å². The van der Waals surface area contributed by atoms with E-state index in [4.69, 9.17) is 9.29 Å². The fourth-order valence-electron chi connectivity index (χ4n) is 2.66. The van der Waals surface area contributed by atoms with Gasteiger partial charge in [-0.05, 0) is 41.4 Å². The van der Waals surface area contributed by atoms with Gasteiger partial charge in [0.1, 0.15) is 6.04 Å². The Bertz CT molecular complexity index is 716. The summed E-state index contributed by atoms with van der Waals surface area (Å²) in [4.78, 5) is 11.4. The molecule has 3 N–H and O–H groups in total. The highest BCUT2D eigenvalue weighted by molar-refractivity contribution is 7.85. The van der Waals surface area contributed by atoms with Crippen LogP contribution in [0.25, 0.3) is 0 Å². The third-order valence-electron chi connectivity index (χ3n) is 4.08. The van der Waals surface area contributed by atoms with Gasteiger partial charge >= 0.3 is 5.97 Å². The lowest BCUT2D eigenvalue weighted by molar-refractivity contribution is -0.139. The van der Waals surface area contributed by atoms with E-state index < -0.39 is 22.1 Å². The van der Waals surface area contributed by atoms with Gasteiger partial charge in [-0.1, -0.05) is 39.0 Å². The number of hydrogen-bond acceptors (Lipinski definition) is 5. The summed E-state index contributed by atoms with van der Waals surface area (Å²) in [5, 5.41) is 12.5. The first-order chi connectivity index (χ1) is 12.3. The number of hydrogen-bond donors (Lipinski definition) is 3. The Morgan fingerprint density at radius 1 is 1.30 bits per heavy atom. The molecule has 0 aromatic heterocycles. The van der Waals surface area contributed by atoms with Crippen LogP contribution in [0.5, 0.6) is 0 Å². The van der Waals surface area contributed by atoms with Gasteiger partial charge in [-0.15, -0.1) is 0 Å². The Balaban J connectivity index is 0.000000646. The molecule has 1 atom stereocenters. The van der Waals surface area contributed by atoms with Crippen molar-refractivity contribution in [3.05, 3.63) is 34.9 Å². The molecule has 1 aromatic carbocycles. The summed E-state index contributed by atoms with van der Waals surface area (Å²) < 4.78 is 31.3. The number of nitrogens with one attached hydrogen (secondary N) is 1. The molecule has 0 amide bonds. The van der Waals surface area contributed by atoms with Crippen molar-refractivity contribution in [2.75, 3.05) is 12.9 Å². The number of aliphatic carboxylic acids is 1. The summed E-state index contributed by atoms with van der Waals surface area (Å²) in [5.74, 6) is -0.773. The lowest BCUT2D eigenvalue weighted by atomic mass is 9.88. The number of benzene rings is 1. The Kier molecular flexibility index (Phi) is 8.87. The average molecular weight is 402 g/mol. The molecule has 1 unspecified atom stereocenters. The van der Waals surface area contributed by atoms with E-state index in [-0.39, 0.29) is 5.41 Å². The van der Waals surface area contributed by atoms with Crippen molar-refractivity contribution >= 4 is 16.1 Å². The standard InChI is InChI=1S/C18H27NO3.CH4O3S/c1-18(2,3)8-6-16(17(20)21)19-11-13-4-5-14-7-9-22-12-15(14)10-13;1-5(2,3)4/h4-5,10,16,19H,6-9,11-12H2,1-3H3,(H,20,21);1H3,(H,2,3,4). The van der Waals surface area contributed by atoms with Crippen LogP contribution in [0.4, 0.5) is 0 Å². The van der Waals surface area contributed by atoms with E-state index in [0.29, 0.717) is 25.8 Å². The van der Waals surface area contributed by atoms with E-state index in [2.05, 4.69) is 44.3 Å². The molecule has 0 spiro atoms. The summed E-state index contributed by atoms with van der Waals surface area (Å²) in [6.07, 6.45) is 3.21. The van der Waals surface area contributed by atoms with Crippen molar-refractivity contribution in [1.29, 1.82) is 0 Å². The fourth-order valence-corrected chi connectivity index (χ4v) is 2.66. The smallest absolute Gasteiger partial charge is 0.320 e. The highest BCUT2D eigenvalue weighted by Gasteiger charge is 2.20. The molecule has 0 bridgehead atoms. The van der Waals surface area contributed by atoms with Crippen molar-refractivity contribution in [2.45, 2.75) is 59.2 Å². The SMILES string of the molecule is CC(C)(C)CCC(NCc1ccc2c(c1)COCC2)C(=O)O.CS(=O)(=O)O. The van der Waals surface area contributed by atoms with Gasteiger partial charge in [0.05, 0.1) is 19.5 Å². The minimum Gasteiger partial charge on any atom is -0.480 e. The summed E-state index contributed by atoms with van der Waals surface area (Å²) in [6, 6.07) is 5.86. The van der Waals surface area contributed by atoms with E-state index >= 15 is 0 Å². The first kappa shape index (κ1) is 23.6. The lowest BCUT2D eigenvalue weighted by Crippen LogP contribution is -2.37. The molecule has 0 fully saturated rings. The molecule has 8 heteroatoms.